The van der Waals surface area contributed by atoms with Crippen molar-refractivity contribution in [1.82, 2.24) is 0 Å². The Morgan fingerprint density at radius 1 is 1.05 bits per heavy atom. The Labute approximate surface area is 110 Å². The fourth-order valence-corrected chi connectivity index (χ4v) is 2.16. The summed E-state index contributed by atoms with van der Waals surface area (Å²) in [7, 11) is 0. The summed E-state index contributed by atoms with van der Waals surface area (Å²) in [6.07, 6.45) is 4.44. The van der Waals surface area contributed by atoms with Crippen LogP contribution in [0, 0.1) is 11.8 Å². The largest absolute Gasteiger partial charge is 0.508 e. The fraction of sp³-hybridized carbons (Fsp3) is 0.286. The van der Waals surface area contributed by atoms with Gasteiger partial charge in [0.25, 0.3) is 0 Å². The number of nitrogens with one attached hydrogen (secondary N) is 1. The van der Waals surface area contributed by atoms with Crippen LogP contribution in [0.1, 0.15) is 12.8 Å². The van der Waals surface area contributed by atoms with E-state index in [0.717, 1.165) is 0 Å². The van der Waals surface area contributed by atoms with E-state index in [1.165, 1.54) is 12.1 Å². The lowest BCUT2D eigenvalue weighted by Crippen LogP contribution is -2.34. The van der Waals surface area contributed by atoms with Gasteiger partial charge in [-0.15, -0.1) is 0 Å². The standard InChI is InChI=1S/C14H15NO4/c16-10-7-5-9(6-8-10)15-13(17)11-3-1-2-4-12(11)14(18)19/h1-2,5-8,11-12,16H,3-4H2,(H,15,17)(H,18,19)/t11-,12+/m1/s1. The number of hydrogen-bond acceptors (Lipinski definition) is 3. The van der Waals surface area contributed by atoms with Gasteiger partial charge in [0.15, 0.2) is 0 Å². The number of benzene rings is 1. The Morgan fingerprint density at radius 3 is 2.21 bits per heavy atom. The number of hydrogen-bond donors (Lipinski definition) is 3. The van der Waals surface area contributed by atoms with E-state index in [-0.39, 0.29) is 11.7 Å². The molecule has 0 fully saturated rings. The van der Waals surface area contributed by atoms with Crippen LogP contribution in [0.15, 0.2) is 36.4 Å². The Bertz CT molecular complexity index is 507. The third-order valence-corrected chi connectivity index (χ3v) is 3.22. The Hall–Kier alpha value is -2.30. The second kappa shape index (κ2) is 5.56. The average molecular weight is 261 g/mol. The van der Waals surface area contributed by atoms with Crippen molar-refractivity contribution >= 4 is 17.6 Å². The van der Waals surface area contributed by atoms with Crippen LogP contribution in [-0.2, 0) is 9.59 Å². The molecule has 0 saturated carbocycles. The van der Waals surface area contributed by atoms with Crippen LogP contribution in [-0.4, -0.2) is 22.1 Å². The summed E-state index contributed by atoms with van der Waals surface area (Å²) in [5.74, 6) is -2.38. The summed E-state index contributed by atoms with van der Waals surface area (Å²) in [5, 5.41) is 20.9. The highest BCUT2D eigenvalue weighted by Gasteiger charge is 2.33. The molecule has 1 aliphatic rings. The highest BCUT2D eigenvalue weighted by Crippen LogP contribution is 2.27. The van der Waals surface area contributed by atoms with Crippen LogP contribution in [0.4, 0.5) is 5.69 Å². The monoisotopic (exact) mass is 261 g/mol. The quantitative estimate of drug-likeness (QED) is 0.573. The molecule has 1 aromatic carbocycles. The molecule has 1 aliphatic carbocycles. The van der Waals surface area contributed by atoms with Crippen molar-refractivity contribution in [3.05, 3.63) is 36.4 Å². The lowest BCUT2D eigenvalue weighted by Gasteiger charge is -2.24. The van der Waals surface area contributed by atoms with Gasteiger partial charge in [-0.2, -0.15) is 0 Å². The number of allylic oxidation sites excluding steroid dienone is 2. The number of carboxylic acids is 1. The summed E-state index contributed by atoms with van der Waals surface area (Å²) in [6, 6.07) is 6.07. The zero-order valence-electron chi connectivity index (χ0n) is 10.2. The predicted octanol–water partition coefficient (Wildman–Crippen LogP) is 2.00. The number of carbonyl (C=O) groups excluding carboxylic acids is 1. The molecule has 2 atom stereocenters. The summed E-state index contributed by atoms with van der Waals surface area (Å²) >= 11 is 0. The normalized spacial score (nSPS) is 21.9. The maximum atomic E-state index is 12.1. The van der Waals surface area contributed by atoms with E-state index in [9.17, 15) is 9.59 Å². The van der Waals surface area contributed by atoms with E-state index in [2.05, 4.69) is 5.32 Å². The van der Waals surface area contributed by atoms with Gasteiger partial charge in [-0.25, -0.2) is 0 Å². The Kier molecular flexibility index (Phi) is 3.85. The van der Waals surface area contributed by atoms with Crippen molar-refractivity contribution in [1.29, 1.82) is 0 Å². The SMILES string of the molecule is O=C(O)[C@H]1CC=CC[C@H]1C(=O)Nc1ccc(O)cc1. The number of phenolic OH excluding ortho intramolecular Hbond substituents is 1. The highest BCUT2D eigenvalue weighted by molar-refractivity contribution is 5.95. The zero-order valence-corrected chi connectivity index (χ0v) is 10.2. The molecule has 0 saturated heterocycles. The number of anilines is 1. The van der Waals surface area contributed by atoms with E-state index < -0.39 is 17.8 Å². The minimum Gasteiger partial charge on any atom is -0.508 e. The van der Waals surface area contributed by atoms with Crippen LogP contribution in [0.3, 0.4) is 0 Å². The van der Waals surface area contributed by atoms with Crippen LogP contribution in [0.25, 0.3) is 0 Å². The van der Waals surface area contributed by atoms with Gasteiger partial charge in [0, 0.05) is 5.69 Å². The molecule has 0 aliphatic heterocycles. The van der Waals surface area contributed by atoms with Gasteiger partial charge in [0.2, 0.25) is 5.91 Å². The molecule has 5 heteroatoms. The maximum absolute atomic E-state index is 12.1. The maximum Gasteiger partial charge on any atom is 0.307 e. The molecule has 19 heavy (non-hydrogen) atoms. The third-order valence-electron chi connectivity index (χ3n) is 3.22. The van der Waals surface area contributed by atoms with Crippen molar-refractivity contribution in [3.63, 3.8) is 0 Å². The number of phenols is 1. The molecule has 0 radical (unpaired) electrons. The molecule has 3 N–H and O–H groups in total. The molecular formula is C14H15NO4. The first-order valence-corrected chi connectivity index (χ1v) is 6.05. The summed E-state index contributed by atoms with van der Waals surface area (Å²) in [4.78, 5) is 23.2. The van der Waals surface area contributed by atoms with Gasteiger partial charge >= 0.3 is 5.97 Å². The fourth-order valence-electron chi connectivity index (χ4n) is 2.16. The lowest BCUT2D eigenvalue weighted by atomic mass is 9.82. The first-order valence-electron chi connectivity index (χ1n) is 6.05. The highest BCUT2D eigenvalue weighted by atomic mass is 16.4. The number of aromatic hydroxyl groups is 1. The van der Waals surface area contributed by atoms with Crippen molar-refractivity contribution in [2.45, 2.75) is 12.8 Å². The molecule has 0 unspecified atom stereocenters. The number of carboxylic acid groups (broad SMARTS) is 1. The van der Waals surface area contributed by atoms with Gasteiger partial charge in [-0.3, -0.25) is 9.59 Å². The summed E-state index contributed by atoms with van der Waals surface area (Å²) < 4.78 is 0. The summed E-state index contributed by atoms with van der Waals surface area (Å²) in [6.45, 7) is 0. The van der Waals surface area contributed by atoms with Gasteiger partial charge in [-0.05, 0) is 37.1 Å². The molecule has 100 valence electrons. The van der Waals surface area contributed by atoms with Gasteiger partial charge in [0.05, 0.1) is 11.8 Å². The summed E-state index contributed by atoms with van der Waals surface area (Å²) in [5.41, 5.74) is 0.543. The van der Waals surface area contributed by atoms with Crippen molar-refractivity contribution in [2.75, 3.05) is 5.32 Å². The lowest BCUT2D eigenvalue weighted by molar-refractivity contribution is -0.146. The van der Waals surface area contributed by atoms with Crippen molar-refractivity contribution in [3.8, 4) is 5.75 Å². The van der Waals surface area contributed by atoms with Crippen LogP contribution < -0.4 is 5.32 Å². The molecule has 1 amide bonds. The molecule has 0 spiro atoms. The molecule has 0 aromatic heterocycles. The van der Waals surface area contributed by atoms with E-state index in [1.807, 2.05) is 6.08 Å². The van der Waals surface area contributed by atoms with E-state index in [1.54, 1.807) is 18.2 Å². The second-order valence-electron chi connectivity index (χ2n) is 4.53. The van der Waals surface area contributed by atoms with Gasteiger partial charge < -0.3 is 15.5 Å². The molecule has 2 rings (SSSR count). The smallest absolute Gasteiger partial charge is 0.307 e. The number of rotatable bonds is 3. The Morgan fingerprint density at radius 2 is 1.63 bits per heavy atom. The van der Waals surface area contributed by atoms with Gasteiger partial charge in [0.1, 0.15) is 5.75 Å². The molecule has 0 bridgehead atoms. The third kappa shape index (κ3) is 3.13. The topological polar surface area (TPSA) is 86.6 Å². The second-order valence-corrected chi connectivity index (χ2v) is 4.53. The first-order chi connectivity index (χ1) is 9.08. The van der Waals surface area contributed by atoms with Crippen LogP contribution in [0.5, 0.6) is 5.75 Å². The van der Waals surface area contributed by atoms with Crippen molar-refractivity contribution in [2.24, 2.45) is 11.8 Å². The van der Waals surface area contributed by atoms with E-state index >= 15 is 0 Å². The minimum atomic E-state index is -0.949. The van der Waals surface area contributed by atoms with E-state index in [0.29, 0.717) is 18.5 Å². The molecular weight excluding hydrogens is 246 g/mol. The van der Waals surface area contributed by atoms with Crippen molar-refractivity contribution < 1.29 is 19.8 Å². The van der Waals surface area contributed by atoms with E-state index in [4.69, 9.17) is 10.2 Å². The Balaban J connectivity index is 2.08. The number of aliphatic carboxylic acids is 1. The van der Waals surface area contributed by atoms with Crippen LogP contribution in [0.2, 0.25) is 0 Å². The predicted molar refractivity (Wildman–Crippen MR) is 69.7 cm³/mol. The first kappa shape index (κ1) is 13.1. The number of amides is 1. The minimum absolute atomic E-state index is 0.113. The molecule has 1 aromatic rings. The number of carbonyl (C=O) groups is 2. The van der Waals surface area contributed by atoms with Crippen LogP contribution >= 0.6 is 0 Å². The average Bonchev–Trinajstić information content (AvgIpc) is 2.41. The molecule has 5 nitrogen and oxygen atoms in total. The van der Waals surface area contributed by atoms with Gasteiger partial charge in [-0.1, -0.05) is 12.2 Å². The molecule has 0 heterocycles. The zero-order chi connectivity index (χ0) is 13.8.